The second kappa shape index (κ2) is 6.38. The number of nitrogens with one attached hydrogen (secondary N) is 2. The molecule has 4 nitrogen and oxygen atoms in total. The van der Waals surface area contributed by atoms with Gasteiger partial charge >= 0.3 is 0 Å². The van der Waals surface area contributed by atoms with Crippen molar-refractivity contribution in [3.8, 4) is 0 Å². The summed E-state index contributed by atoms with van der Waals surface area (Å²) in [7, 11) is 0. The van der Waals surface area contributed by atoms with Crippen LogP contribution in [0, 0.1) is 11.7 Å². The summed E-state index contributed by atoms with van der Waals surface area (Å²) in [5.74, 6) is -1.26. The van der Waals surface area contributed by atoms with Crippen molar-refractivity contribution in [3.05, 3.63) is 58.9 Å². The third kappa shape index (κ3) is 3.68. The molecule has 0 saturated heterocycles. The Morgan fingerprint density at radius 2 is 1.70 bits per heavy atom. The van der Waals surface area contributed by atoms with Crippen molar-refractivity contribution < 1.29 is 14.0 Å². The van der Waals surface area contributed by atoms with Gasteiger partial charge in [-0.15, -0.1) is 0 Å². The lowest BCUT2D eigenvalue weighted by molar-refractivity contribution is -0.117. The van der Waals surface area contributed by atoms with Crippen molar-refractivity contribution in [3.63, 3.8) is 0 Å². The summed E-state index contributed by atoms with van der Waals surface area (Å²) >= 11 is 5.87. The molecule has 0 unspecified atom stereocenters. The molecule has 118 valence electrons. The van der Waals surface area contributed by atoms with Gasteiger partial charge in [0.25, 0.3) is 5.91 Å². The average molecular weight is 333 g/mol. The Balaban J connectivity index is 1.74. The lowest BCUT2D eigenvalue weighted by atomic mass is 10.2. The zero-order valence-electron chi connectivity index (χ0n) is 12.1. The number of anilines is 2. The molecule has 23 heavy (non-hydrogen) atoms. The first-order valence-electron chi connectivity index (χ1n) is 7.21. The highest BCUT2D eigenvalue weighted by Crippen LogP contribution is 2.30. The standard InChI is InChI=1S/C17H14ClFN2O2/c18-13-5-2-6-14(19)15(13)17(23)21-12-4-1-3-11(9-12)20-16(22)10-7-8-10/h1-6,9-10H,7-8H2,(H,20,22)(H,21,23). The second-order valence-electron chi connectivity index (χ2n) is 5.40. The first-order valence-corrected chi connectivity index (χ1v) is 7.58. The van der Waals surface area contributed by atoms with Crippen LogP contribution < -0.4 is 10.6 Å². The van der Waals surface area contributed by atoms with Crippen LogP contribution in [-0.2, 0) is 4.79 Å². The van der Waals surface area contributed by atoms with Gasteiger partial charge < -0.3 is 10.6 Å². The maximum atomic E-state index is 13.7. The smallest absolute Gasteiger partial charge is 0.260 e. The van der Waals surface area contributed by atoms with Crippen molar-refractivity contribution in [2.45, 2.75) is 12.8 Å². The van der Waals surface area contributed by atoms with E-state index in [0.717, 1.165) is 12.8 Å². The fraction of sp³-hybridized carbons (Fsp3) is 0.176. The van der Waals surface area contributed by atoms with Crippen LogP contribution in [0.5, 0.6) is 0 Å². The van der Waals surface area contributed by atoms with Crippen LogP contribution >= 0.6 is 11.6 Å². The summed E-state index contributed by atoms with van der Waals surface area (Å²) in [6.45, 7) is 0. The zero-order valence-corrected chi connectivity index (χ0v) is 12.9. The third-order valence-electron chi connectivity index (χ3n) is 3.53. The van der Waals surface area contributed by atoms with Gasteiger partial charge in [-0.2, -0.15) is 0 Å². The van der Waals surface area contributed by atoms with Crippen LogP contribution in [0.3, 0.4) is 0 Å². The highest BCUT2D eigenvalue weighted by atomic mass is 35.5. The van der Waals surface area contributed by atoms with Crippen molar-refractivity contribution in [1.29, 1.82) is 0 Å². The third-order valence-corrected chi connectivity index (χ3v) is 3.84. The van der Waals surface area contributed by atoms with Crippen LogP contribution in [0.25, 0.3) is 0 Å². The number of hydrogen-bond donors (Lipinski definition) is 2. The molecule has 1 aliphatic rings. The topological polar surface area (TPSA) is 58.2 Å². The van der Waals surface area contributed by atoms with Gasteiger partial charge in [0, 0.05) is 17.3 Å². The Labute approximate surface area is 137 Å². The quantitative estimate of drug-likeness (QED) is 0.886. The van der Waals surface area contributed by atoms with E-state index in [1.807, 2.05) is 0 Å². The maximum absolute atomic E-state index is 13.7. The molecule has 1 aliphatic carbocycles. The Morgan fingerprint density at radius 3 is 2.35 bits per heavy atom. The van der Waals surface area contributed by atoms with E-state index in [1.54, 1.807) is 24.3 Å². The highest BCUT2D eigenvalue weighted by molar-refractivity contribution is 6.34. The molecule has 0 heterocycles. The van der Waals surface area contributed by atoms with Gasteiger partial charge in [-0.1, -0.05) is 23.7 Å². The van der Waals surface area contributed by atoms with E-state index >= 15 is 0 Å². The van der Waals surface area contributed by atoms with Crippen molar-refractivity contribution in [2.24, 2.45) is 5.92 Å². The van der Waals surface area contributed by atoms with Crippen molar-refractivity contribution in [2.75, 3.05) is 10.6 Å². The van der Waals surface area contributed by atoms with Gasteiger partial charge in [0.2, 0.25) is 5.91 Å². The molecule has 0 radical (unpaired) electrons. The first kappa shape index (κ1) is 15.5. The molecule has 2 aromatic rings. The Kier molecular flexibility index (Phi) is 4.30. The lowest BCUT2D eigenvalue weighted by Crippen LogP contribution is -2.16. The van der Waals surface area contributed by atoms with E-state index in [4.69, 9.17) is 11.6 Å². The molecule has 2 amide bonds. The molecular weight excluding hydrogens is 319 g/mol. The van der Waals surface area contributed by atoms with Gasteiger partial charge in [0.1, 0.15) is 5.82 Å². The average Bonchev–Trinajstić information content (AvgIpc) is 3.32. The normalized spacial score (nSPS) is 13.5. The Morgan fingerprint density at radius 1 is 1.04 bits per heavy atom. The van der Waals surface area contributed by atoms with Crippen LogP contribution in [-0.4, -0.2) is 11.8 Å². The summed E-state index contributed by atoms with van der Waals surface area (Å²) in [6, 6.07) is 10.8. The second-order valence-corrected chi connectivity index (χ2v) is 5.80. The number of carbonyl (C=O) groups excluding carboxylic acids is 2. The minimum atomic E-state index is -0.687. The van der Waals surface area contributed by atoms with E-state index in [2.05, 4.69) is 10.6 Å². The minimum Gasteiger partial charge on any atom is -0.326 e. The largest absolute Gasteiger partial charge is 0.326 e. The van der Waals surface area contributed by atoms with Crippen molar-refractivity contribution in [1.82, 2.24) is 0 Å². The van der Waals surface area contributed by atoms with E-state index in [-0.39, 0.29) is 22.4 Å². The van der Waals surface area contributed by atoms with E-state index in [0.29, 0.717) is 11.4 Å². The van der Waals surface area contributed by atoms with Gasteiger partial charge in [0.15, 0.2) is 0 Å². The molecule has 0 aliphatic heterocycles. The molecule has 0 spiro atoms. The van der Waals surface area contributed by atoms with Crippen LogP contribution in [0.2, 0.25) is 5.02 Å². The number of benzene rings is 2. The summed E-state index contributed by atoms with van der Waals surface area (Å²) < 4.78 is 13.7. The number of halogens is 2. The Bertz CT molecular complexity index is 755. The monoisotopic (exact) mass is 332 g/mol. The fourth-order valence-corrected chi connectivity index (χ4v) is 2.42. The van der Waals surface area contributed by atoms with Gasteiger partial charge in [-0.25, -0.2) is 4.39 Å². The predicted octanol–water partition coefficient (Wildman–Crippen LogP) is 4.08. The number of hydrogen-bond acceptors (Lipinski definition) is 2. The molecule has 1 saturated carbocycles. The molecule has 0 atom stereocenters. The minimum absolute atomic E-state index is 0.0226. The molecule has 0 bridgehead atoms. The highest BCUT2D eigenvalue weighted by Gasteiger charge is 2.29. The molecule has 3 rings (SSSR count). The van der Waals surface area contributed by atoms with E-state index in [9.17, 15) is 14.0 Å². The SMILES string of the molecule is O=C(Nc1cccc(NC(=O)C2CC2)c1)c1c(F)cccc1Cl. The molecule has 2 aromatic carbocycles. The summed E-state index contributed by atoms with van der Waals surface area (Å²) in [4.78, 5) is 23.9. The number of carbonyl (C=O) groups is 2. The Hall–Kier alpha value is -2.40. The summed E-state index contributed by atoms with van der Waals surface area (Å²) in [5.41, 5.74) is 0.823. The van der Waals surface area contributed by atoms with Gasteiger partial charge in [0.05, 0.1) is 10.6 Å². The number of amides is 2. The maximum Gasteiger partial charge on any atom is 0.260 e. The molecule has 2 N–H and O–H groups in total. The molecule has 1 fully saturated rings. The molecule has 0 aromatic heterocycles. The molecular formula is C17H14ClFN2O2. The first-order chi connectivity index (χ1) is 11.0. The van der Waals surface area contributed by atoms with E-state index in [1.165, 1.54) is 18.2 Å². The molecule has 6 heteroatoms. The summed E-state index contributed by atoms with van der Waals surface area (Å²) in [5, 5.41) is 5.42. The fourth-order valence-electron chi connectivity index (χ4n) is 2.17. The predicted molar refractivity (Wildman–Crippen MR) is 87.2 cm³/mol. The van der Waals surface area contributed by atoms with Crippen LogP contribution in [0.15, 0.2) is 42.5 Å². The summed E-state index contributed by atoms with van der Waals surface area (Å²) in [6.07, 6.45) is 1.82. The zero-order chi connectivity index (χ0) is 16.4. The van der Waals surface area contributed by atoms with Crippen LogP contribution in [0.1, 0.15) is 23.2 Å². The van der Waals surface area contributed by atoms with Crippen LogP contribution in [0.4, 0.5) is 15.8 Å². The number of rotatable bonds is 4. The van der Waals surface area contributed by atoms with E-state index < -0.39 is 11.7 Å². The van der Waals surface area contributed by atoms with Gasteiger partial charge in [-0.05, 0) is 43.2 Å². The van der Waals surface area contributed by atoms with Gasteiger partial charge in [-0.3, -0.25) is 9.59 Å². The lowest BCUT2D eigenvalue weighted by Gasteiger charge is -2.10. The van der Waals surface area contributed by atoms with Crippen molar-refractivity contribution >= 4 is 34.8 Å².